The second-order valence-electron chi connectivity index (χ2n) is 10.0. The van der Waals surface area contributed by atoms with Crippen molar-refractivity contribution in [3.05, 3.63) is 59.3 Å². The lowest BCUT2D eigenvalue weighted by Crippen LogP contribution is -2.54. The van der Waals surface area contributed by atoms with Crippen molar-refractivity contribution in [3.8, 4) is 16.9 Å². The van der Waals surface area contributed by atoms with Gasteiger partial charge >= 0.3 is 0 Å². The quantitative estimate of drug-likeness (QED) is 0.405. The summed E-state index contributed by atoms with van der Waals surface area (Å²) in [7, 11) is 3.43. The van der Waals surface area contributed by atoms with Gasteiger partial charge in [0.05, 0.1) is 22.5 Å². The van der Waals surface area contributed by atoms with Crippen molar-refractivity contribution in [2.45, 2.75) is 25.8 Å². The van der Waals surface area contributed by atoms with Crippen LogP contribution in [0.2, 0.25) is 0 Å². The molecule has 3 N–H and O–H groups in total. The molecule has 1 atom stereocenters. The number of nitrogens with zero attached hydrogens (tertiary/aromatic N) is 3. The second-order valence-corrected chi connectivity index (χ2v) is 10.0. The smallest absolute Gasteiger partial charge is 0.264 e. The molecule has 3 aromatic rings. The summed E-state index contributed by atoms with van der Waals surface area (Å²) < 4.78 is 5.75. The lowest BCUT2D eigenvalue weighted by Gasteiger charge is -2.28. The van der Waals surface area contributed by atoms with Gasteiger partial charge < -0.3 is 20.3 Å². The highest BCUT2D eigenvalue weighted by Crippen LogP contribution is 2.43. The average Bonchev–Trinajstić information content (AvgIpc) is 3.20. The highest BCUT2D eigenvalue weighted by molar-refractivity contribution is 6.25. The summed E-state index contributed by atoms with van der Waals surface area (Å²) in [6.45, 7) is 1.78. The fraction of sp³-hybridized carbons (Fsp3) is 0.241. The molecule has 12 heteroatoms. The molecule has 3 aliphatic rings. The number of hydrogen-bond donors (Lipinski definition) is 3. The number of carbonyl (C=O) groups excluding carboxylic acids is 5. The zero-order chi connectivity index (χ0) is 29.0. The maximum Gasteiger partial charge on any atom is 0.264 e. The molecule has 0 bridgehead atoms. The minimum atomic E-state index is -1.08. The van der Waals surface area contributed by atoms with E-state index in [9.17, 15) is 24.0 Å². The monoisotopic (exact) mass is 554 g/mol. The Bertz CT molecular complexity index is 1680. The Morgan fingerprint density at radius 1 is 1.00 bits per heavy atom. The van der Waals surface area contributed by atoms with Crippen molar-refractivity contribution < 1.29 is 28.7 Å². The number of rotatable bonds is 5. The summed E-state index contributed by atoms with van der Waals surface area (Å²) in [5.41, 5.74) is 3.99. The van der Waals surface area contributed by atoms with Gasteiger partial charge in [0.1, 0.15) is 17.6 Å². The van der Waals surface area contributed by atoms with E-state index in [1.165, 1.54) is 11.0 Å². The zero-order valence-electron chi connectivity index (χ0n) is 22.5. The zero-order valence-corrected chi connectivity index (χ0v) is 22.5. The number of pyridine rings is 1. The standard InChI is InChI=1S/C29H26N6O6/c1-14-9-15(10-23(30-2)31-14)17-11-22-21(34(3)25(37)13-41-22)12-19(17)32-18-6-4-5-16-26(18)29(40)35(28(16)39)20-7-8-24(36)33-27(20)38/h4-6,9-12,20,32H,7-8,13H2,1-3H3,(H,30,31)(H,33,36,38). The van der Waals surface area contributed by atoms with Gasteiger partial charge in [-0.1, -0.05) is 6.07 Å². The fourth-order valence-electron chi connectivity index (χ4n) is 5.38. The number of anilines is 4. The Morgan fingerprint density at radius 2 is 1.80 bits per heavy atom. The number of fused-ring (bicyclic) bond motifs is 2. The van der Waals surface area contributed by atoms with Crippen LogP contribution in [0.15, 0.2) is 42.5 Å². The number of aryl methyl sites for hydroxylation is 1. The summed E-state index contributed by atoms with van der Waals surface area (Å²) in [5.74, 6) is -1.39. The van der Waals surface area contributed by atoms with Crippen molar-refractivity contribution in [3.63, 3.8) is 0 Å². The first-order chi connectivity index (χ1) is 19.7. The lowest BCUT2D eigenvalue weighted by atomic mass is 10.00. The average molecular weight is 555 g/mol. The molecule has 1 saturated heterocycles. The largest absolute Gasteiger partial charge is 0.482 e. The summed E-state index contributed by atoms with van der Waals surface area (Å²) in [6, 6.07) is 11.1. The van der Waals surface area contributed by atoms with Gasteiger partial charge in [0.15, 0.2) is 6.61 Å². The van der Waals surface area contributed by atoms with E-state index in [0.29, 0.717) is 34.2 Å². The molecule has 1 fully saturated rings. The number of likely N-dealkylation sites (N-methyl/N-ethyl adjacent to an activating group) is 1. The molecule has 6 rings (SSSR count). The normalized spacial score (nSPS) is 18.1. The molecular weight excluding hydrogens is 528 g/mol. The van der Waals surface area contributed by atoms with Crippen LogP contribution in [0.25, 0.3) is 11.1 Å². The van der Waals surface area contributed by atoms with Gasteiger partial charge in [0, 0.05) is 37.5 Å². The maximum absolute atomic E-state index is 13.7. The predicted octanol–water partition coefficient (Wildman–Crippen LogP) is 2.60. The molecule has 4 heterocycles. The van der Waals surface area contributed by atoms with Crippen LogP contribution in [0, 0.1) is 6.92 Å². The molecule has 1 aromatic heterocycles. The summed E-state index contributed by atoms with van der Waals surface area (Å²) in [5, 5.41) is 8.58. The van der Waals surface area contributed by atoms with E-state index in [4.69, 9.17) is 4.74 Å². The Kier molecular flexibility index (Phi) is 6.17. The molecule has 0 spiro atoms. The van der Waals surface area contributed by atoms with Gasteiger partial charge in [-0.05, 0) is 55.3 Å². The van der Waals surface area contributed by atoms with Gasteiger partial charge in [-0.2, -0.15) is 0 Å². The molecule has 2 aromatic carbocycles. The van der Waals surface area contributed by atoms with Crippen molar-refractivity contribution in [2.75, 3.05) is 36.2 Å². The Balaban J connectivity index is 1.45. The van der Waals surface area contributed by atoms with E-state index in [2.05, 4.69) is 20.9 Å². The third kappa shape index (κ3) is 4.33. The van der Waals surface area contributed by atoms with Crippen LogP contribution >= 0.6 is 0 Å². The van der Waals surface area contributed by atoms with Gasteiger partial charge in [0.25, 0.3) is 17.7 Å². The minimum Gasteiger partial charge on any atom is -0.482 e. The van der Waals surface area contributed by atoms with Crippen molar-refractivity contribution in [2.24, 2.45) is 0 Å². The number of piperidine rings is 1. The highest BCUT2D eigenvalue weighted by Gasteiger charge is 2.45. The van der Waals surface area contributed by atoms with Gasteiger partial charge in [-0.25, -0.2) is 4.98 Å². The third-order valence-electron chi connectivity index (χ3n) is 7.44. The SMILES string of the molecule is CNc1cc(-c2cc3c(cc2Nc2cccc4c2C(=O)N(C2CCC(=O)NC2=O)C4=O)N(C)C(=O)CO3)cc(C)n1. The van der Waals surface area contributed by atoms with Gasteiger partial charge in [0.2, 0.25) is 11.8 Å². The molecule has 0 aliphatic carbocycles. The lowest BCUT2D eigenvalue weighted by molar-refractivity contribution is -0.136. The number of benzene rings is 2. The Morgan fingerprint density at radius 3 is 2.56 bits per heavy atom. The molecule has 208 valence electrons. The molecule has 0 saturated carbocycles. The van der Waals surface area contributed by atoms with Crippen LogP contribution in [0.5, 0.6) is 5.75 Å². The van der Waals surface area contributed by atoms with Crippen molar-refractivity contribution in [1.29, 1.82) is 0 Å². The van der Waals surface area contributed by atoms with E-state index in [1.54, 1.807) is 32.3 Å². The number of ether oxygens (including phenoxy) is 1. The summed E-state index contributed by atoms with van der Waals surface area (Å²) in [6.07, 6.45) is 0.0884. The minimum absolute atomic E-state index is 0.0294. The second kappa shape index (κ2) is 9.73. The Labute approximate surface area is 234 Å². The van der Waals surface area contributed by atoms with Crippen LogP contribution in [0.3, 0.4) is 0 Å². The Hall–Kier alpha value is -5.26. The third-order valence-corrected chi connectivity index (χ3v) is 7.44. The first-order valence-corrected chi connectivity index (χ1v) is 13.0. The van der Waals surface area contributed by atoms with Crippen LogP contribution < -0.4 is 25.6 Å². The molecule has 5 amide bonds. The summed E-state index contributed by atoms with van der Waals surface area (Å²) >= 11 is 0. The van der Waals surface area contributed by atoms with E-state index >= 15 is 0 Å². The van der Waals surface area contributed by atoms with Crippen LogP contribution in [0.1, 0.15) is 39.3 Å². The number of carbonyl (C=O) groups is 5. The first kappa shape index (κ1) is 26.0. The molecule has 12 nitrogen and oxygen atoms in total. The molecule has 3 aliphatic heterocycles. The molecule has 41 heavy (non-hydrogen) atoms. The molecule has 0 radical (unpaired) electrons. The number of imide groups is 2. The fourth-order valence-corrected chi connectivity index (χ4v) is 5.38. The van der Waals surface area contributed by atoms with Crippen molar-refractivity contribution in [1.82, 2.24) is 15.2 Å². The maximum atomic E-state index is 13.7. The molecule has 1 unspecified atom stereocenters. The van der Waals surface area contributed by atoms with E-state index < -0.39 is 29.7 Å². The highest BCUT2D eigenvalue weighted by atomic mass is 16.5. The van der Waals surface area contributed by atoms with E-state index in [1.807, 2.05) is 25.1 Å². The van der Waals surface area contributed by atoms with Crippen molar-refractivity contribution >= 4 is 52.4 Å². The van der Waals surface area contributed by atoms with E-state index in [-0.39, 0.29) is 36.5 Å². The molecular formula is C29H26N6O6. The van der Waals surface area contributed by atoms with Crippen LogP contribution in [-0.2, 0) is 14.4 Å². The predicted molar refractivity (Wildman–Crippen MR) is 149 cm³/mol. The topological polar surface area (TPSA) is 150 Å². The number of aromatic nitrogens is 1. The number of nitrogens with one attached hydrogen (secondary N) is 3. The first-order valence-electron chi connectivity index (χ1n) is 13.0. The van der Waals surface area contributed by atoms with Crippen LogP contribution in [0.4, 0.5) is 22.9 Å². The number of hydrogen-bond acceptors (Lipinski definition) is 9. The van der Waals surface area contributed by atoms with E-state index in [0.717, 1.165) is 16.2 Å². The van der Waals surface area contributed by atoms with Gasteiger partial charge in [-0.15, -0.1) is 0 Å². The van der Waals surface area contributed by atoms with Crippen LogP contribution in [-0.4, -0.2) is 66.2 Å². The number of amides is 5. The van der Waals surface area contributed by atoms with Gasteiger partial charge in [-0.3, -0.25) is 34.2 Å². The summed E-state index contributed by atoms with van der Waals surface area (Å²) in [4.78, 5) is 70.5.